The van der Waals surface area contributed by atoms with Crippen LogP contribution in [0.3, 0.4) is 0 Å². The van der Waals surface area contributed by atoms with E-state index in [1.165, 1.54) is 0 Å². The molecule has 1 rings (SSSR count). The fourth-order valence-corrected chi connectivity index (χ4v) is 1.68. The van der Waals surface area contributed by atoms with Gasteiger partial charge in [-0.2, -0.15) is 5.26 Å². The van der Waals surface area contributed by atoms with Crippen LogP contribution in [-0.2, 0) is 0 Å². The molecule has 0 aromatic rings. The van der Waals surface area contributed by atoms with Crippen LogP contribution in [-0.4, -0.2) is 18.0 Å². The minimum atomic E-state index is -0.309. The van der Waals surface area contributed by atoms with Crippen LogP contribution >= 0.6 is 11.6 Å². The maximum atomic E-state index is 9.12. The second kappa shape index (κ2) is 3.40. The normalized spacial score (nSPS) is 29.7. The molecular formula is C11H19ClN2. The van der Waals surface area contributed by atoms with Gasteiger partial charge in [-0.3, -0.25) is 5.32 Å². The van der Waals surface area contributed by atoms with E-state index in [0.29, 0.717) is 5.88 Å². The highest BCUT2D eigenvalue weighted by Gasteiger charge is 2.62. The highest BCUT2D eigenvalue weighted by molar-refractivity contribution is 6.18. The van der Waals surface area contributed by atoms with E-state index in [9.17, 15) is 0 Å². The summed E-state index contributed by atoms with van der Waals surface area (Å²) in [6.07, 6.45) is 0.939. The molecule has 0 radical (unpaired) electrons. The Hall–Kier alpha value is -0.260. The van der Waals surface area contributed by atoms with Gasteiger partial charge < -0.3 is 0 Å². The Labute approximate surface area is 91.6 Å². The van der Waals surface area contributed by atoms with Gasteiger partial charge in [0.05, 0.1) is 6.07 Å². The molecule has 2 nitrogen and oxygen atoms in total. The molecule has 1 aliphatic carbocycles. The zero-order valence-electron chi connectivity index (χ0n) is 9.45. The lowest BCUT2D eigenvalue weighted by Gasteiger charge is -2.25. The molecule has 1 atom stereocenters. The topological polar surface area (TPSA) is 35.8 Å². The number of rotatable bonds is 4. The number of nitrogens with one attached hydrogen (secondary N) is 1. The van der Waals surface area contributed by atoms with Gasteiger partial charge in [0.15, 0.2) is 0 Å². The molecule has 0 saturated heterocycles. The molecule has 1 N–H and O–H groups in total. The van der Waals surface area contributed by atoms with E-state index in [1.807, 2.05) is 0 Å². The maximum absolute atomic E-state index is 9.12. The van der Waals surface area contributed by atoms with Crippen LogP contribution in [0.1, 0.15) is 34.1 Å². The van der Waals surface area contributed by atoms with Crippen molar-refractivity contribution in [3.8, 4) is 6.07 Å². The average Bonchev–Trinajstić information content (AvgIpc) is 2.66. The van der Waals surface area contributed by atoms with Gasteiger partial charge in [0.2, 0.25) is 0 Å². The fraction of sp³-hybridized carbons (Fsp3) is 0.909. The molecule has 0 aliphatic heterocycles. The summed E-state index contributed by atoms with van der Waals surface area (Å²) in [4.78, 5) is 0. The third-order valence-electron chi connectivity index (χ3n) is 3.16. The summed E-state index contributed by atoms with van der Waals surface area (Å²) in [6, 6.07) is 2.39. The van der Waals surface area contributed by atoms with Gasteiger partial charge in [-0.05, 0) is 17.3 Å². The maximum Gasteiger partial charge on any atom is 0.112 e. The standard InChI is InChI=1S/C11H19ClN2/c1-9(2,6-12)8-14-11(7-13)5-10(11,3)4/h14H,5-6,8H2,1-4H3. The van der Waals surface area contributed by atoms with Crippen molar-refractivity contribution in [1.29, 1.82) is 5.26 Å². The van der Waals surface area contributed by atoms with Crippen molar-refractivity contribution in [3.63, 3.8) is 0 Å². The monoisotopic (exact) mass is 214 g/mol. The molecule has 1 aliphatic rings. The van der Waals surface area contributed by atoms with Crippen LogP contribution in [0.5, 0.6) is 0 Å². The average molecular weight is 215 g/mol. The van der Waals surface area contributed by atoms with Crippen LogP contribution in [0, 0.1) is 22.2 Å². The summed E-state index contributed by atoms with van der Waals surface area (Å²) in [7, 11) is 0. The van der Waals surface area contributed by atoms with Gasteiger partial charge in [0, 0.05) is 12.4 Å². The van der Waals surface area contributed by atoms with Crippen LogP contribution in [0.15, 0.2) is 0 Å². The summed E-state index contributed by atoms with van der Waals surface area (Å²) in [6.45, 7) is 9.25. The number of alkyl halides is 1. The zero-order chi connectivity index (χ0) is 11.0. The molecule has 0 heterocycles. The largest absolute Gasteiger partial charge is 0.298 e. The third-order valence-corrected chi connectivity index (χ3v) is 3.88. The van der Waals surface area contributed by atoms with E-state index in [2.05, 4.69) is 39.1 Å². The van der Waals surface area contributed by atoms with Crippen molar-refractivity contribution in [2.24, 2.45) is 10.8 Å². The lowest BCUT2D eigenvalue weighted by atomic mass is 9.95. The first-order valence-corrected chi connectivity index (χ1v) is 5.54. The first-order valence-electron chi connectivity index (χ1n) is 5.01. The van der Waals surface area contributed by atoms with Gasteiger partial charge in [-0.1, -0.05) is 27.7 Å². The van der Waals surface area contributed by atoms with Crippen molar-refractivity contribution in [1.82, 2.24) is 5.32 Å². The van der Waals surface area contributed by atoms with E-state index in [1.54, 1.807) is 0 Å². The second-order valence-electron chi connectivity index (χ2n) is 5.73. The Kier molecular flexibility index (Phi) is 2.87. The minimum absolute atomic E-state index is 0.0596. The smallest absolute Gasteiger partial charge is 0.112 e. The van der Waals surface area contributed by atoms with Gasteiger partial charge >= 0.3 is 0 Å². The third kappa shape index (κ3) is 2.04. The molecule has 14 heavy (non-hydrogen) atoms. The summed E-state index contributed by atoms with van der Waals surface area (Å²) >= 11 is 5.83. The van der Waals surface area contributed by atoms with Crippen molar-refractivity contribution in [2.75, 3.05) is 12.4 Å². The number of nitriles is 1. The highest BCUT2D eigenvalue weighted by atomic mass is 35.5. The Bertz CT molecular complexity index is 265. The molecule has 0 aromatic carbocycles. The van der Waals surface area contributed by atoms with Crippen molar-refractivity contribution in [2.45, 2.75) is 39.7 Å². The fourth-order valence-electron chi connectivity index (χ4n) is 1.59. The number of hydrogen-bond donors (Lipinski definition) is 1. The summed E-state index contributed by atoms with van der Waals surface area (Å²) in [5.41, 5.74) is -0.134. The number of halogens is 1. The molecule has 1 fully saturated rings. The van der Waals surface area contributed by atoms with E-state index in [0.717, 1.165) is 13.0 Å². The van der Waals surface area contributed by atoms with Crippen molar-refractivity contribution < 1.29 is 0 Å². The van der Waals surface area contributed by atoms with Crippen LogP contribution in [0.2, 0.25) is 0 Å². The zero-order valence-corrected chi connectivity index (χ0v) is 10.2. The van der Waals surface area contributed by atoms with Crippen LogP contribution in [0.4, 0.5) is 0 Å². The second-order valence-corrected chi connectivity index (χ2v) is 6.00. The van der Waals surface area contributed by atoms with E-state index >= 15 is 0 Å². The van der Waals surface area contributed by atoms with Crippen LogP contribution in [0.25, 0.3) is 0 Å². The molecule has 0 amide bonds. The highest BCUT2D eigenvalue weighted by Crippen LogP contribution is 2.55. The summed E-state index contributed by atoms with van der Waals surface area (Å²) in [5, 5.41) is 12.5. The molecule has 0 aromatic heterocycles. The molecule has 0 bridgehead atoms. The molecular weight excluding hydrogens is 196 g/mol. The Morgan fingerprint density at radius 1 is 1.50 bits per heavy atom. The van der Waals surface area contributed by atoms with Gasteiger partial charge in [0.25, 0.3) is 0 Å². The van der Waals surface area contributed by atoms with Gasteiger partial charge in [-0.25, -0.2) is 0 Å². The first-order chi connectivity index (χ1) is 6.29. The molecule has 0 spiro atoms. The molecule has 1 unspecified atom stereocenters. The number of nitrogens with zero attached hydrogens (tertiary/aromatic N) is 1. The lowest BCUT2D eigenvalue weighted by molar-refractivity contribution is 0.347. The van der Waals surface area contributed by atoms with Crippen molar-refractivity contribution >= 4 is 11.6 Å². The Balaban J connectivity index is 2.52. The minimum Gasteiger partial charge on any atom is -0.298 e. The van der Waals surface area contributed by atoms with Crippen molar-refractivity contribution in [3.05, 3.63) is 0 Å². The predicted molar refractivity (Wildman–Crippen MR) is 59.2 cm³/mol. The lowest BCUT2D eigenvalue weighted by Crippen LogP contribution is -2.41. The van der Waals surface area contributed by atoms with E-state index in [-0.39, 0.29) is 16.4 Å². The van der Waals surface area contributed by atoms with E-state index in [4.69, 9.17) is 16.9 Å². The SMILES string of the molecule is CC(C)(CCl)CNC1(C#N)CC1(C)C. The summed E-state index contributed by atoms with van der Waals surface area (Å²) < 4.78 is 0. The Morgan fingerprint density at radius 3 is 2.29 bits per heavy atom. The van der Waals surface area contributed by atoms with Gasteiger partial charge in [0.1, 0.15) is 5.54 Å². The predicted octanol–water partition coefficient (Wildman–Crippen LogP) is 2.53. The van der Waals surface area contributed by atoms with E-state index < -0.39 is 0 Å². The molecule has 1 saturated carbocycles. The summed E-state index contributed by atoms with van der Waals surface area (Å²) in [5.74, 6) is 0.613. The molecule has 80 valence electrons. The Morgan fingerprint density at radius 2 is 2.00 bits per heavy atom. The first kappa shape index (κ1) is 11.8. The van der Waals surface area contributed by atoms with Crippen LogP contribution < -0.4 is 5.32 Å². The number of hydrogen-bond acceptors (Lipinski definition) is 2. The molecule has 3 heteroatoms. The van der Waals surface area contributed by atoms with Gasteiger partial charge in [-0.15, -0.1) is 11.6 Å². The quantitative estimate of drug-likeness (QED) is 0.731.